The van der Waals surface area contributed by atoms with Crippen molar-refractivity contribution in [1.82, 2.24) is 0 Å². The van der Waals surface area contributed by atoms with Crippen molar-refractivity contribution in [1.29, 1.82) is 0 Å². The minimum Gasteiger partial charge on any atom is -0.262 e. The fraction of sp³-hybridized carbons (Fsp3) is 0.625. The first-order chi connectivity index (χ1) is 4.13. The maximum atomic E-state index is 4.35. The van der Waals surface area contributed by atoms with Gasteiger partial charge in [-0.2, -0.15) is 0 Å². The summed E-state index contributed by atoms with van der Waals surface area (Å²) in [6.45, 7) is 8.51. The molecule has 0 saturated carbocycles. The summed E-state index contributed by atoms with van der Waals surface area (Å²) < 4.78 is 0. The summed E-state index contributed by atoms with van der Waals surface area (Å²) in [4.78, 5) is 4.35. The molecule has 0 radical (unpaired) electrons. The third kappa shape index (κ3) is 0.913. The van der Waals surface area contributed by atoms with E-state index in [-0.39, 0.29) is 0 Å². The number of aliphatic imine (C=N–C) groups is 1. The molecule has 0 saturated heterocycles. The molecule has 1 aliphatic heterocycles. The van der Waals surface area contributed by atoms with Gasteiger partial charge in [0.25, 0.3) is 0 Å². The first kappa shape index (κ1) is 6.53. The van der Waals surface area contributed by atoms with E-state index in [1.165, 1.54) is 17.0 Å². The molecule has 1 atom stereocenters. The van der Waals surface area contributed by atoms with E-state index in [0.717, 1.165) is 0 Å². The summed E-state index contributed by atoms with van der Waals surface area (Å²) in [5.41, 5.74) is 3.89. The van der Waals surface area contributed by atoms with Crippen LogP contribution in [0, 0.1) is 5.92 Å². The summed E-state index contributed by atoms with van der Waals surface area (Å²) in [7, 11) is 0. The van der Waals surface area contributed by atoms with Crippen molar-refractivity contribution < 1.29 is 0 Å². The van der Waals surface area contributed by atoms with Crippen LogP contribution in [0.25, 0.3) is 0 Å². The lowest BCUT2D eigenvalue weighted by Crippen LogP contribution is -2.02. The Labute approximate surface area is 56.5 Å². The summed E-state index contributed by atoms with van der Waals surface area (Å²) in [6, 6.07) is 0. The topological polar surface area (TPSA) is 12.4 Å². The van der Waals surface area contributed by atoms with Gasteiger partial charge in [-0.25, -0.2) is 0 Å². The first-order valence-electron chi connectivity index (χ1n) is 3.35. The molecule has 0 amide bonds. The zero-order valence-corrected chi connectivity index (χ0v) is 6.52. The van der Waals surface area contributed by atoms with Crippen molar-refractivity contribution in [3.63, 3.8) is 0 Å². The van der Waals surface area contributed by atoms with Crippen LogP contribution in [-0.4, -0.2) is 5.71 Å². The lowest BCUT2D eigenvalue weighted by Gasteiger charge is -2.02. The van der Waals surface area contributed by atoms with Crippen LogP contribution in [0.15, 0.2) is 16.3 Å². The molecule has 0 aliphatic carbocycles. The Hall–Kier alpha value is -0.590. The second-order valence-corrected chi connectivity index (χ2v) is 2.74. The van der Waals surface area contributed by atoms with Gasteiger partial charge in [0, 0.05) is 17.3 Å². The highest BCUT2D eigenvalue weighted by Gasteiger charge is 2.15. The molecular formula is C8H13N. The first-order valence-corrected chi connectivity index (χ1v) is 3.35. The second kappa shape index (κ2) is 1.98. The zero-order valence-electron chi connectivity index (χ0n) is 6.52. The second-order valence-electron chi connectivity index (χ2n) is 2.74. The Bertz CT molecular complexity index is 187. The number of hydrogen-bond donors (Lipinski definition) is 0. The van der Waals surface area contributed by atoms with E-state index < -0.39 is 0 Å². The van der Waals surface area contributed by atoms with Gasteiger partial charge in [-0.05, 0) is 26.3 Å². The van der Waals surface area contributed by atoms with Crippen LogP contribution < -0.4 is 0 Å². The van der Waals surface area contributed by atoms with Gasteiger partial charge in [-0.15, -0.1) is 0 Å². The Kier molecular flexibility index (Phi) is 1.43. The van der Waals surface area contributed by atoms with E-state index in [4.69, 9.17) is 0 Å². The molecule has 0 aromatic rings. The molecule has 1 rings (SSSR count). The fourth-order valence-corrected chi connectivity index (χ4v) is 1.08. The number of rotatable bonds is 0. The molecule has 0 aromatic carbocycles. The predicted molar refractivity (Wildman–Crippen MR) is 40.6 cm³/mol. The van der Waals surface area contributed by atoms with Crippen molar-refractivity contribution in [2.75, 3.05) is 0 Å². The Balaban J connectivity index is 2.92. The van der Waals surface area contributed by atoms with Gasteiger partial charge in [-0.1, -0.05) is 6.92 Å². The van der Waals surface area contributed by atoms with Crippen molar-refractivity contribution in [2.24, 2.45) is 10.9 Å². The van der Waals surface area contributed by atoms with Crippen LogP contribution in [0.4, 0.5) is 0 Å². The van der Waals surface area contributed by atoms with Gasteiger partial charge >= 0.3 is 0 Å². The van der Waals surface area contributed by atoms with Gasteiger partial charge in [0.2, 0.25) is 0 Å². The summed E-state index contributed by atoms with van der Waals surface area (Å²) >= 11 is 0. The van der Waals surface area contributed by atoms with E-state index in [0.29, 0.717) is 5.92 Å². The third-order valence-electron chi connectivity index (χ3n) is 2.19. The van der Waals surface area contributed by atoms with E-state index in [9.17, 15) is 0 Å². The molecule has 50 valence electrons. The van der Waals surface area contributed by atoms with E-state index in [1.807, 2.05) is 0 Å². The van der Waals surface area contributed by atoms with E-state index >= 15 is 0 Å². The molecule has 0 N–H and O–H groups in total. The minimum atomic E-state index is 0.588. The van der Waals surface area contributed by atoms with E-state index in [2.05, 4.69) is 32.7 Å². The fourth-order valence-electron chi connectivity index (χ4n) is 1.08. The Morgan fingerprint density at radius 1 is 1.22 bits per heavy atom. The highest BCUT2D eigenvalue weighted by atomic mass is 14.8. The number of nitrogens with zero attached hydrogens (tertiary/aromatic N) is 1. The molecule has 0 spiro atoms. The number of hydrogen-bond acceptors (Lipinski definition) is 1. The maximum absolute atomic E-state index is 4.35. The smallest absolute Gasteiger partial charge is 0.0367 e. The predicted octanol–water partition coefficient (Wildman–Crippen LogP) is 2.39. The standard InChI is InChI=1S/C8H13N/c1-5-6(2)8(4)9-7(5)3/h5H,1-4H3. The lowest BCUT2D eigenvalue weighted by atomic mass is 10.0. The van der Waals surface area contributed by atoms with Crippen molar-refractivity contribution in [3.8, 4) is 0 Å². The van der Waals surface area contributed by atoms with Gasteiger partial charge in [0.05, 0.1) is 0 Å². The van der Waals surface area contributed by atoms with Crippen LogP contribution >= 0.6 is 0 Å². The molecule has 9 heavy (non-hydrogen) atoms. The Morgan fingerprint density at radius 2 is 1.78 bits per heavy atom. The molecule has 0 fully saturated rings. The van der Waals surface area contributed by atoms with Gasteiger partial charge in [-0.3, -0.25) is 4.99 Å². The van der Waals surface area contributed by atoms with Crippen LogP contribution in [0.5, 0.6) is 0 Å². The summed E-state index contributed by atoms with van der Waals surface area (Å²) in [6.07, 6.45) is 0. The van der Waals surface area contributed by atoms with Gasteiger partial charge in [0.1, 0.15) is 0 Å². The van der Waals surface area contributed by atoms with E-state index in [1.54, 1.807) is 0 Å². The third-order valence-corrected chi connectivity index (χ3v) is 2.19. The molecule has 1 nitrogen and oxygen atoms in total. The normalized spacial score (nSPS) is 27.1. The maximum Gasteiger partial charge on any atom is 0.0367 e. The average Bonchev–Trinajstić information content (AvgIpc) is 1.98. The molecule has 1 heteroatoms. The molecule has 1 aliphatic rings. The molecule has 1 unspecified atom stereocenters. The molecule has 0 aromatic heterocycles. The summed E-state index contributed by atoms with van der Waals surface area (Å²) in [5, 5.41) is 0. The quantitative estimate of drug-likeness (QED) is 0.469. The largest absolute Gasteiger partial charge is 0.262 e. The zero-order chi connectivity index (χ0) is 7.02. The van der Waals surface area contributed by atoms with Crippen molar-refractivity contribution >= 4 is 5.71 Å². The minimum absolute atomic E-state index is 0.588. The molecular weight excluding hydrogens is 110 g/mol. The highest BCUT2D eigenvalue weighted by Crippen LogP contribution is 2.23. The van der Waals surface area contributed by atoms with Crippen molar-refractivity contribution in [3.05, 3.63) is 11.3 Å². The highest BCUT2D eigenvalue weighted by molar-refractivity contribution is 5.89. The van der Waals surface area contributed by atoms with Crippen LogP contribution in [-0.2, 0) is 0 Å². The molecule has 1 heterocycles. The summed E-state index contributed by atoms with van der Waals surface area (Å²) in [5.74, 6) is 0.588. The Morgan fingerprint density at radius 3 is 1.89 bits per heavy atom. The van der Waals surface area contributed by atoms with Gasteiger partial charge < -0.3 is 0 Å². The van der Waals surface area contributed by atoms with Gasteiger partial charge in [0.15, 0.2) is 0 Å². The van der Waals surface area contributed by atoms with Crippen molar-refractivity contribution in [2.45, 2.75) is 27.7 Å². The SMILES string of the molecule is CC1=NC(C)=C(C)C1C. The monoisotopic (exact) mass is 123 g/mol. The number of allylic oxidation sites excluding steroid dienone is 2. The average molecular weight is 123 g/mol. The van der Waals surface area contributed by atoms with Crippen LogP contribution in [0.1, 0.15) is 27.7 Å². The van der Waals surface area contributed by atoms with Crippen LogP contribution in [0.2, 0.25) is 0 Å². The molecule has 0 bridgehead atoms. The lowest BCUT2D eigenvalue weighted by molar-refractivity contribution is 0.924. The van der Waals surface area contributed by atoms with Crippen LogP contribution in [0.3, 0.4) is 0 Å².